The van der Waals surface area contributed by atoms with Gasteiger partial charge in [0, 0.05) is 18.3 Å². The van der Waals surface area contributed by atoms with Crippen molar-refractivity contribution in [2.75, 3.05) is 11.4 Å². The van der Waals surface area contributed by atoms with E-state index in [1.165, 1.54) is 11.3 Å². The highest BCUT2D eigenvalue weighted by Gasteiger charge is 2.20. The first-order valence-corrected chi connectivity index (χ1v) is 4.84. The summed E-state index contributed by atoms with van der Waals surface area (Å²) in [5.74, 6) is 0.940. The van der Waals surface area contributed by atoms with Crippen LogP contribution in [0.3, 0.4) is 0 Å². The number of hydrogen-bond acceptors (Lipinski definition) is 2. The van der Waals surface area contributed by atoms with Gasteiger partial charge in [-0.15, -0.1) is 0 Å². The molecule has 1 aromatic heterocycles. The first-order valence-electron chi connectivity index (χ1n) is 4.84. The van der Waals surface area contributed by atoms with E-state index < -0.39 is 0 Å². The molecule has 2 heterocycles. The van der Waals surface area contributed by atoms with Crippen LogP contribution < -0.4 is 4.90 Å². The van der Waals surface area contributed by atoms with Crippen LogP contribution in [-0.4, -0.2) is 6.54 Å². The van der Waals surface area contributed by atoms with Gasteiger partial charge in [0.2, 0.25) is 0 Å². The fraction of sp³-hybridized carbons (Fsp3) is 0.167. The zero-order valence-corrected chi connectivity index (χ0v) is 7.81. The molecule has 0 bridgehead atoms. The summed E-state index contributed by atoms with van der Waals surface area (Å²) in [5, 5.41) is 0. The van der Waals surface area contributed by atoms with Crippen molar-refractivity contribution < 1.29 is 4.42 Å². The highest BCUT2D eigenvalue weighted by atomic mass is 16.3. The Morgan fingerprint density at radius 1 is 1.07 bits per heavy atom. The molecule has 0 spiro atoms. The van der Waals surface area contributed by atoms with E-state index in [0.717, 1.165) is 18.8 Å². The maximum Gasteiger partial charge on any atom is 0.199 e. The molecule has 0 unspecified atom stereocenters. The van der Waals surface area contributed by atoms with Crippen LogP contribution in [0.15, 0.2) is 47.1 Å². The average Bonchev–Trinajstić information content (AvgIpc) is 2.85. The summed E-state index contributed by atoms with van der Waals surface area (Å²) in [6.07, 6.45) is 2.83. The minimum atomic E-state index is 0.940. The molecule has 0 aliphatic carbocycles. The van der Waals surface area contributed by atoms with Crippen molar-refractivity contribution in [3.63, 3.8) is 0 Å². The van der Waals surface area contributed by atoms with Crippen LogP contribution in [0.25, 0.3) is 0 Å². The molecule has 0 atom stereocenters. The number of furan rings is 1. The van der Waals surface area contributed by atoms with Gasteiger partial charge in [0.25, 0.3) is 0 Å². The molecule has 1 aromatic carbocycles. The fourth-order valence-electron chi connectivity index (χ4n) is 1.99. The third-order valence-electron chi connectivity index (χ3n) is 2.66. The molecule has 0 fully saturated rings. The Balaban J connectivity index is 2.06. The van der Waals surface area contributed by atoms with Gasteiger partial charge in [-0.3, -0.25) is 0 Å². The van der Waals surface area contributed by atoms with E-state index in [9.17, 15) is 0 Å². The van der Waals surface area contributed by atoms with Crippen molar-refractivity contribution >= 4 is 11.6 Å². The lowest BCUT2D eigenvalue weighted by molar-refractivity contribution is 0.565. The summed E-state index contributed by atoms with van der Waals surface area (Å²) in [5.41, 5.74) is 2.69. The first kappa shape index (κ1) is 7.68. The smallest absolute Gasteiger partial charge is 0.199 e. The van der Waals surface area contributed by atoms with E-state index in [4.69, 9.17) is 4.42 Å². The lowest BCUT2D eigenvalue weighted by Gasteiger charge is -2.15. The fourth-order valence-corrected chi connectivity index (χ4v) is 1.99. The molecule has 2 heteroatoms. The molecule has 1 aliphatic rings. The van der Waals surface area contributed by atoms with Gasteiger partial charge < -0.3 is 9.32 Å². The summed E-state index contributed by atoms with van der Waals surface area (Å²) >= 11 is 0. The summed E-state index contributed by atoms with van der Waals surface area (Å²) in [4.78, 5) is 2.22. The molecule has 0 radical (unpaired) electrons. The van der Waals surface area contributed by atoms with Gasteiger partial charge in [0.15, 0.2) is 5.88 Å². The van der Waals surface area contributed by atoms with E-state index in [1.807, 2.05) is 12.1 Å². The Morgan fingerprint density at radius 3 is 2.86 bits per heavy atom. The average molecular weight is 185 g/mol. The number of fused-ring (bicyclic) bond motifs is 1. The normalized spacial score (nSPS) is 14.4. The second-order valence-electron chi connectivity index (χ2n) is 3.48. The third-order valence-corrected chi connectivity index (χ3v) is 2.66. The van der Waals surface area contributed by atoms with Crippen LogP contribution in [0.5, 0.6) is 0 Å². The Morgan fingerprint density at radius 2 is 2.00 bits per heavy atom. The zero-order valence-electron chi connectivity index (χ0n) is 7.81. The van der Waals surface area contributed by atoms with Crippen molar-refractivity contribution in [3.8, 4) is 0 Å². The minimum Gasteiger partial charge on any atom is -0.448 e. The summed E-state index contributed by atoms with van der Waals surface area (Å²) < 4.78 is 5.40. The molecule has 1 aliphatic heterocycles. The monoisotopic (exact) mass is 185 g/mol. The number of anilines is 2. The summed E-state index contributed by atoms with van der Waals surface area (Å²) in [7, 11) is 0. The molecule has 2 nitrogen and oxygen atoms in total. The van der Waals surface area contributed by atoms with Gasteiger partial charge >= 0.3 is 0 Å². The van der Waals surface area contributed by atoms with E-state index in [1.54, 1.807) is 6.26 Å². The predicted molar refractivity (Wildman–Crippen MR) is 55.9 cm³/mol. The van der Waals surface area contributed by atoms with Gasteiger partial charge in [-0.2, -0.15) is 0 Å². The second kappa shape index (κ2) is 2.91. The van der Waals surface area contributed by atoms with E-state index in [0.29, 0.717) is 0 Å². The van der Waals surface area contributed by atoms with Crippen molar-refractivity contribution in [2.24, 2.45) is 0 Å². The Labute approximate surface area is 82.8 Å². The van der Waals surface area contributed by atoms with Crippen LogP contribution in [0.2, 0.25) is 0 Å². The van der Waals surface area contributed by atoms with E-state index >= 15 is 0 Å². The Hall–Kier alpha value is -1.70. The Bertz CT molecular complexity index is 433. The minimum absolute atomic E-state index is 0.940. The maximum atomic E-state index is 5.40. The van der Waals surface area contributed by atoms with Crippen molar-refractivity contribution in [2.45, 2.75) is 6.42 Å². The topological polar surface area (TPSA) is 16.4 Å². The zero-order chi connectivity index (χ0) is 9.38. The summed E-state index contributed by atoms with van der Waals surface area (Å²) in [6.45, 7) is 1.02. The van der Waals surface area contributed by atoms with E-state index in [-0.39, 0.29) is 0 Å². The van der Waals surface area contributed by atoms with E-state index in [2.05, 4.69) is 29.2 Å². The van der Waals surface area contributed by atoms with Crippen molar-refractivity contribution in [3.05, 3.63) is 48.2 Å². The predicted octanol–water partition coefficient (Wildman–Crippen LogP) is 2.97. The third kappa shape index (κ3) is 1.04. The molecule has 0 amide bonds. The highest BCUT2D eigenvalue weighted by Crippen LogP contribution is 2.33. The number of benzene rings is 1. The lowest BCUT2D eigenvalue weighted by atomic mass is 10.2. The summed E-state index contributed by atoms with van der Waals surface area (Å²) in [6, 6.07) is 12.4. The van der Waals surface area contributed by atoms with Gasteiger partial charge in [-0.1, -0.05) is 18.2 Å². The van der Waals surface area contributed by atoms with Crippen LogP contribution in [-0.2, 0) is 6.42 Å². The Kier molecular flexibility index (Phi) is 1.60. The van der Waals surface area contributed by atoms with Crippen LogP contribution in [0.1, 0.15) is 5.56 Å². The number of hydrogen-bond donors (Lipinski definition) is 0. The van der Waals surface area contributed by atoms with Crippen molar-refractivity contribution in [1.29, 1.82) is 0 Å². The van der Waals surface area contributed by atoms with Crippen molar-refractivity contribution in [1.82, 2.24) is 0 Å². The van der Waals surface area contributed by atoms with Gasteiger partial charge in [0.1, 0.15) is 0 Å². The maximum absolute atomic E-state index is 5.40. The quantitative estimate of drug-likeness (QED) is 0.679. The number of rotatable bonds is 1. The molecule has 0 N–H and O–H groups in total. The molecule has 0 saturated heterocycles. The number of nitrogens with zero attached hydrogens (tertiary/aromatic N) is 1. The molecule has 0 saturated carbocycles. The largest absolute Gasteiger partial charge is 0.448 e. The molecule has 2 aromatic rings. The van der Waals surface area contributed by atoms with Gasteiger partial charge in [-0.25, -0.2) is 0 Å². The van der Waals surface area contributed by atoms with Crippen LogP contribution >= 0.6 is 0 Å². The number of para-hydroxylation sites is 1. The van der Waals surface area contributed by atoms with Crippen LogP contribution in [0.4, 0.5) is 11.6 Å². The first-order chi connectivity index (χ1) is 6.95. The van der Waals surface area contributed by atoms with Crippen LogP contribution in [0, 0.1) is 0 Å². The molecule has 3 rings (SSSR count). The highest BCUT2D eigenvalue weighted by molar-refractivity contribution is 5.66. The lowest BCUT2D eigenvalue weighted by Crippen LogP contribution is -2.11. The molecular formula is C12H11NO. The molecule has 14 heavy (non-hydrogen) atoms. The molecule has 70 valence electrons. The molecular weight excluding hydrogens is 174 g/mol. The van der Waals surface area contributed by atoms with Gasteiger partial charge in [0.05, 0.1) is 6.26 Å². The van der Waals surface area contributed by atoms with Gasteiger partial charge in [-0.05, 0) is 24.1 Å². The standard InChI is InChI=1S/C12H11NO/c1-2-5-11-10(4-1)7-8-13(11)12-6-3-9-14-12/h1-6,9H,7-8H2. The second-order valence-corrected chi connectivity index (χ2v) is 3.48. The SMILES string of the molecule is c1coc(N2CCc3ccccc32)c1.